The van der Waals surface area contributed by atoms with E-state index in [0.29, 0.717) is 5.57 Å². The molecule has 2 aromatic rings. The van der Waals surface area contributed by atoms with Crippen LogP contribution in [0.1, 0.15) is 31.2 Å². The predicted molar refractivity (Wildman–Crippen MR) is 92.3 cm³/mol. The van der Waals surface area contributed by atoms with E-state index in [9.17, 15) is 9.90 Å². The van der Waals surface area contributed by atoms with Crippen molar-refractivity contribution < 1.29 is 14.7 Å². The number of aromatic nitrogens is 3. The molecule has 1 aromatic heterocycles. The van der Waals surface area contributed by atoms with E-state index in [2.05, 4.69) is 21.1 Å². The van der Waals surface area contributed by atoms with Gasteiger partial charge in [-0.15, -0.1) is 5.10 Å². The highest BCUT2D eigenvalue weighted by molar-refractivity contribution is 5.94. The monoisotopic (exact) mass is 355 g/mol. The van der Waals surface area contributed by atoms with Crippen LogP contribution < -0.4 is 10.8 Å². The van der Waals surface area contributed by atoms with E-state index >= 15 is 0 Å². The Balaban J connectivity index is 1.77. The van der Waals surface area contributed by atoms with Gasteiger partial charge in [0, 0.05) is 23.4 Å². The van der Waals surface area contributed by atoms with Crippen molar-refractivity contribution in [1.29, 1.82) is 0 Å². The summed E-state index contributed by atoms with van der Waals surface area (Å²) >= 11 is 0. The molecule has 4 rings (SSSR count). The van der Waals surface area contributed by atoms with Gasteiger partial charge in [-0.1, -0.05) is 48.4 Å². The van der Waals surface area contributed by atoms with Gasteiger partial charge in [0.05, 0.1) is 12.8 Å². The summed E-state index contributed by atoms with van der Waals surface area (Å²) in [5.74, 6) is -0.279. The molecule has 8 heteroatoms. The summed E-state index contributed by atoms with van der Waals surface area (Å²) < 4.78 is 1.50. The van der Waals surface area contributed by atoms with Crippen LogP contribution in [0.5, 0.6) is 0 Å². The van der Waals surface area contributed by atoms with Crippen LogP contribution >= 0.6 is 0 Å². The molecule has 136 valence electrons. The van der Waals surface area contributed by atoms with E-state index in [-0.39, 0.29) is 24.3 Å². The number of aliphatic hydroxyl groups is 1. The van der Waals surface area contributed by atoms with E-state index in [1.807, 2.05) is 30.3 Å². The summed E-state index contributed by atoms with van der Waals surface area (Å²) in [5, 5.41) is 21.1. The average Bonchev–Trinajstić information content (AvgIpc) is 3.42. The van der Waals surface area contributed by atoms with E-state index in [4.69, 9.17) is 4.84 Å². The van der Waals surface area contributed by atoms with Crippen LogP contribution in [0.4, 0.5) is 0 Å². The molecule has 1 atom stereocenters. The zero-order valence-corrected chi connectivity index (χ0v) is 14.3. The van der Waals surface area contributed by atoms with Crippen molar-refractivity contribution in [3.63, 3.8) is 0 Å². The van der Waals surface area contributed by atoms with Crippen LogP contribution in [0.2, 0.25) is 0 Å². The molecule has 1 fully saturated rings. The number of nitrogens with one attached hydrogen (secondary N) is 2. The first-order valence-corrected chi connectivity index (χ1v) is 8.77. The van der Waals surface area contributed by atoms with Crippen LogP contribution in [0.25, 0.3) is 0 Å². The van der Waals surface area contributed by atoms with Crippen molar-refractivity contribution in [1.82, 2.24) is 25.8 Å². The molecule has 1 saturated carbocycles. The largest absolute Gasteiger partial charge is 0.392 e. The van der Waals surface area contributed by atoms with Crippen molar-refractivity contribution >= 4 is 5.91 Å². The SMILES string of the molecule is O=C(NC1CCCC1)C1=C(CO)C(c2ccccc2)(n2ccnn2)ON1. The van der Waals surface area contributed by atoms with Gasteiger partial charge in [-0.3, -0.25) is 10.3 Å². The Morgan fingerprint density at radius 2 is 2.12 bits per heavy atom. The van der Waals surface area contributed by atoms with Gasteiger partial charge < -0.3 is 10.4 Å². The Kier molecular flexibility index (Phi) is 4.44. The average molecular weight is 355 g/mol. The molecule has 1 unspecified atom stereocenters. The van der Waals surface area contributed by atoms with Gasteiger partial charge in [-0.2, -0.15) is 0 Å². The minimum absolute atomic E-state index is 0.162. The number of rotatable bonds is 5. The normalized spacial score (nSPS) is 23.3. The molecular formula is C18H21N5O3. The van der Waals surface area contributed by atoms with Crippen molar-refractivity contribution in [2.75, 3.05) is 6.61 Å². The second-order valence-electron chi connectivity index (χ2n) is 6.53. The van der Waals surface area contributed by atoms with Gasteiger partial charge in [0.25, 0.3) is 5.91 Å². The third-order valence-corrected chi connectivity index (χ3v) is 5.00. The fraction of sp³-hybridized carbons (Fsp3) is 0.389. The first kappa shape index (κ1) is 16.7. The number of carbonyl (C=O) groups is 1. The quantitative estimate of drug-likeness (QED) is 0.734. The highest BCUT2D eigenvalue weighted by Gasteiger charge is 2.49. The standard InChI is InChI=1S/C18H21N5O3/c24-12-15-16(17(25)20-14-8-4-5-9-14)21-26-18(15,23-11-10-19-22-23)13-6-2-1-3-7-13/h1-3,6-7,10-11,14,21,24H,4-5,8-9,12H2,(H,20,25). The number of aliphatic hydroxyl groups excluding tert-OH is 1. The zero-order valence-electron chi connectivity index (χ0n) is 14.3. The van der Waals surface area contributed by atoms with E-state index in [0.717, 1.165) is 31.2 Å². The molecule has 2 heterocycles. The molecular weight excluding hydrogens is 334 g/mol. The molecule has 0 saturated heterocycles. The first-order chi connectivity index (χ1) is 12.8. The molecule has 8 nitrogen and oxygen atoms in total. The molecule has 26 heavy (non-hydrogen) atoms. The van der Waals surface area contributed by atoms with Crippen LogP contribution in [-0.4, -0.2) is 38.7 Å². The summed E-state index contributed by atoms with van der Waals surface area (Å²) in [6, 6.07) is 9.49. The summed E-state index contributed by atoms with van der Waals surface area (Å²) in [6.45, 7) is -0.366. The van der Waals surface area contributed by atoms with E-state index in [1.54, 1.807) is 6.20 Å². The molecule has 0 radical (unpaired) electrons. The van der Waals surface area contributed by atoms with Crippen LogP contribution in [0.15, 0.2) is 54.0 Å². The fourth-order valence-corrected chi connectivity index (χ4v) is 3.71. The maximum atomic E-state index is 12.8. The summed E-state index contributed by atoms with van der Waals surface area (Å²) in [4.78, 5) is 18.7. The molecule has 1 aliphatic carbocycles. The maximum Gasteiger partial charge on any atom is 0.270 e. The number of amides is 1. The number of carbonyl (C=O) groups excluding carboxylic acids is 1. The zero-order chi connectivity index (χ0) is 18.0. The number of hydrogen-bond donors (Lipinski definition) is 3. The van der Waals surface area contributed by atoms with Gasteiger partial charge in [0.15, 0.2) is 0 Å². The number of hydroxylamine groups is 1. The molecule has 1 amide bonds. The third-order valence-electron chi connectivity index (χ3n) is 5.00. The Bertz CT molecular complexity index is 799. The lowest BCUT2D eigenvalue weighted by molar-refractivity contribution is -0.121. The molecule has 2 aliphatic rings. The Hall–Kier alpha value is -2.71. The molecule has 3 N–H and O–H groups in total. The highest BCUT2D eigenvalue weighted by atomic mass is 16.7. The number of benzene rings is 1. The summed E-state index contributed by atoms with van der Waals surface area (Å²) in [5.41, 5.74) is 2.80. The lowest BCUT2D eigenvalue weighted by Gasteiger charge is -2.29. The minimum Gasteiger partial charge on any atom is -0.392 e. The van der Waals surface area contributed by atoms with Gasteiger partial charge in [-0.05, 0) is 12.8 Å². The Labute approximate surface area is 150 Å². The van der Waals surface area contributed by atoms with Gasteiger partial charge in [0.1, 0.15) is 5.70 Å². The highest BCUT2D eigenvalue weighted by Crippen LogP contribution is 2.39. The van der Waals surface area contributed by atoms with Crippen molar-refractivity contribution in [2.24, 2.45) is 0 Å². The van der Waals surface area contributed by atoms with Crippen LogP contribution in [0, 0.1) is 0 Å². The predicted octanol–water partition coefficient (Wildman–Crippen LogP) is 0.819. The fourth-order valence-electron chi connectivity index (χ4n) is 3.71. The smallest absolute Gasteiger partial charge is 0.270 e. The Morgan fingerprint density at radius 3 is 2.77 bits per heavy atom. The van der Waals surface area contributed by atoms with Crippen molar-refractivity contribution in [3.8, 4) is 0 Å². The van der Waals surface area contributed by atoms with Gasteiger partial charge >= 0.3 is 0 Å². The van der Waals surface area contributed by atoms with Crippen LogP contribution in [0.3, 0.4) is 0 Å². The number of hydrogen-bond acceptors (Lipinski definition) is 6. The van der Waals surface area contributed by atoms with Crippen molar-refractivity contribution in [2.45, 2.75) is 37.5 Å². The molecule has 1 aromatic carbocycles. The van der Waals surface area contributed by atoms with Crippen LogP contribution in [-0.2, 0) is 15.4 Å². The van der Waals surface area contributed by atoms with E-state index < -0.39 is 5.72 Å². The topological polar surface area (TPSA) is 101 Å². The number of nitrogens with zero attached hydrogens (tertiary/aromatic N) is 3. The lowest BCUT2D eigenvalue weighted by atomic mass is 9.93. The first-order valence-electron chi connectivity index (χ1n) is 8.77. The molecule has 1 aliphatic heterocycles. The van der Waals surface area contributed by atoms with Crippen molar-refractivity contribution in [3.05, 3.63) is 59.6 Å². The summed E-state index contributed by atoms with van der Waals surface area (Å²) in [7, 11) is 0. The Morgan fingerprint density at radius 1 is 1.35 bits per heavy atom. The molecule has 0 bridgehead atoms. The molecule has 0 spiro atoms. The van der Waals surface area contributed by atoms with Gasteiger partial charge in [-0.25, -0.2) is 9.52 Å². The van der Waals surface area contributed by atoms with E-state index in [1.165, 1.54) is 10.9 Å². The second kappa shape index (κ2) is 6.89. The minimum atomic E-state index is -1.27. The third kappa shape index (κ3) is 2.67. The lowest BCUT2D eigenvalue weighted by Crippen LogP contribution is -2.40. The summed E-state index contributed by atoms with van der Waals surface area (Å²) in [6.07, 6.45) is 7.35. The second-order valence-corrected chi connectivity index (χ2v) is 6.53. The van der Waals surface area contributed by atoms with Gasteiger partial charge in [0.2, 0.25) is 5.72 Å². The maximum absolute atomic E-state index is 12.8.